The lowest BCUT2D eigenvalue weighted by Crippen LogP contribution is -2.41. The molecule has 0 unspecified atom stereocenters. The second kappa shape index (κ2) is 5.75. The van der Waals surface area contributed by atoms with Crippen molar-refractivity contribution >= 4 is 5.91 Å². The molecule has 3 heterocycles. The van der Waals surface area contributed by atoms with Gasteiger partial charge in [-0.3, -0.25) is 4.79 Å². The van der Waals surface area contributed by atoms with E-state index in [4.69, 9.17) is 9.47 Å². The van der Waals surface area contributed by atoms with Crippen LogP contribution in [0.4, 0.5) is 0 Å². The number of amides is 1. The second-order valence-corrected chi connectivity index (χ2v) is 7.20. The fraction of sp³-hybridized carbons (Fsp3) is 0.500. The summed E-state index contributed by atoms with van der Waals surface area (Å²) < 4.78 is 13.8. The van der Waals surface area contributed by atoms with Gasteiger partial charge < -0.3 is 18.9 Å². The van der Waals surface area contributed by atoms with Crippen molar-refractivity contribution in [1.29, 1.82) is 0 Å². The van der Waals surface area contributed by atoms with Crippen LogP contribution in [0.25, 0.3) is 0 Å². The van der Waals surface area contributed by atoms with Crippen LogP contribution in [-0.2, 0) is 24.3 Å². The summed E-state index contributed by atoms with van der Waals surface area (Å²) in [6.45, 7) is 7.85. The summed E-state index contributed by atoms with van der Waals surface area (Å²) >= 11 is 0. The third kappa shape index (κ3) is 2.94. The molecule has 7 heteroatoms. The number of aryl methyl sites for hydroxylation is 1. The molecule has 0 spiro atoms. The van der Waals surface area contributed by atoms with E-state index in [0.29, 0.717) is 18.8 Å². The summed E-state index contributed by atoms with van der Waals surface area (Å²) in [5, 5.41) is 8.19. The van der Waals surface area contributed by atoms with Crippen LogP contribution in [-0.4, -0.2) is 44.3 Å². The van der Waals surface area contributed by atoms with E-state index in [1.807, 2.05) is 43.5 Å². The van der Waals surface area contributed by atoms with Crippen molar-refractivity contribution in [2.24, 2.45) is 0 Å². The van der Waals surface area contributed by atoms with E-state index in [1.165, 1.54) is 0 Å². The van der Waals surface area contributed by atoms with Crippen LogP contribution in [0.15, 0.2) is 18.2 Å². The standard InChI is InChI=1S/C18H22N4O3/c1-12-19-20-15-10-21(7-8-22(12)15)16(23)11-24-14-6-4-5-13-9-18(2,3)25-17(13)14/h4-6H,7-11H2,1-3H3. The lowest BCUT2D eigenvalue weighted by Gasteiger charge is -2.27. The van der Waals surface area contributed by atoms with Gasteiger partial charge in [-0.05, 0) is 26.8 Å². The Kier molecular flexibility index (Phi) is 3.67. The highest BCUT2D eigenvalue weighted by Crippen LogP contribution is 2.41. The molecule has 0 atom stereocenters. The Hall–Kier alpha value is -2.57. The Labute approximate surface area is 146 Å². The summed E-state index contributed by atoms with van der Waals surface area (Å²) in [4.78, 5) is 14.3. The van der Waals surface area contributed by atoms with E-state index in [1.54, 1.807) is 4.90 Å². The second-order valence-electron chi connectivity index (χ2n) is 7.20. The molecule has 2 aliphatic heterocycles. The number of hydrogen-bond donors (Lipinski definition) is 0. The summed E-state index contributed by atoms with van der Waals surface area (Å²) in [5.41, 5.74) is 0.886. The fourth-order valence-electron chi connectivity index (χ4n) is 3.45. The summed E-state index contributed by atoms with van der Waals surface area (Å²) in [7, 11) is 0. The van der Waals surface area contributed by atoms with Crippen molar-refractivity contribution in [1.82, 2.24) is 19.7 Å². The highest BCUT2D eigenvalue weighted by atomic mass is 16.5. The molecule has 2 aromatic rings. The molecule has 2 aliphatic rings. The van der Waals surface area contributed by atoms with Crippen molar-refractivity contribution in [3.63, 3.8) is 0 Å². The van der Waals surface area contributed by atoms with Gasteiger partial charge >= 0.3 is 0 Å². The van der Waals surface area contributed by atoms with Crippen molar-refractivity contribution in [2.75, 3.05) is 13.2 Å². The van der Waals surface area contributed by atoms with E-state index in [2.05, 4.69) is 10.2 Å². The third-order valence-electron chi connectivity index (χ3n) is 4.70. The maximum absolute atomic E-state index is 12.5. The van der Waals surface area contributed by atoms with Gasteiger partial charge in [0.1, 0.15) is 11.4 Å². The van der Waals surface area contributed by atoms with Gasteiger partial charge in [0.2, 0.25) is 0 Å². The Morgan fingerprint density at radius 2 is 2.16 bits per heavy atom. The van der Waals surface area contributed by atoms with Gasteiger partial charge in [-0.25, -0.2) is 0 Å². The molecule has 1 amide bonds. The molecule has 1 aromatic carbocycles. The molecule has 7 nitrogen and oxygen atoms in total. The fourth-order valence-corrected chi connectivity index (χ4v) is 3.45. The van der Waals surface area contributed by atoms with Crippen molar-refractivity contribution in [3.05, 3.63) is 35.4 Å². The molecule has 0 radical (unpaired) electrons. The number of rotatable bonds is 3. The molecule has 0 bridgehead atoms. The number of benzene rings is 1. The van der Waals surface area contributed by atoms with Crippen LogP contribution in [0.3, 0.4) is 0 Å². The number of carbonyl (C=O) groups excluding carboxylic acids is 1. The van der Waals surface area contributed by atoms with Crippen molar-refractivity contribution in [2.45, 2.75) is 45.9 Å². The van der Waals surface area contributed by atoms with Crippen molar-refractivity contribution < 1.29 is 14.3 Å². The highest BCUT2D eigenvalue weighted by Gasteiger charge is 2.32. The van der Waals surface area contributed by atoms with Crippen LogP contribution in [0.1, 0.15) is 31.1 Å². The monoisotopic (exact) mass is 342 g/mol. The molecule has 25 heavy (non-hydrogen) atoms. The van der Waals surface area contributed by atoms with Gasteiger partial charge in [0.15, 0.2) is 23.9 Å². The normalized spacial score (nSPS) is 17.6. The maximum atomic E-state index is 12.5. The average molecular weight is 342 g/mol. The lowest BCUT2D eigenvalue weighted by atomic mass is 10.0. The van der Waals surface area contributed by atoms with E-state index < -0.39 is 0 Å². The molecular weight excluding hydrogens is 320 g/mol. The first-order chi connectivity index (χ1) is 11.9. The van der Waals surface area contributed by atoms with E-state index in [0.717, 1.165) is 35.9 Å². The average Bonchev–Trinajstić information content (AvgIpc) is 3.10. The van der Waals surface area contributed by atoms with Crippen LogP contribution in [0, 0.1) is 6.92 Å². The summed E-state index contributed by atoms with van der Waals surface area (Å²) in [5.74, 6) is 3.05. The minimum Gasteiger partial charge on any atom is -0.483 e. The van der Waals surface area contributed by atoms with Crippen LogP contribution >= 0.6 is 0 Å². The zero-order valence-electron chi connectivity index (χ0n) is 14.8. The predicted molar refractivity (Wildman–Crippen MR) is 90.5 cm³/mol. The van der Waals surface area contributed by atoms with Crippen LogP contribution < -0.4 is 9.47 Å². The zero-order chi connectivity index (χ0) is 17.6. The highest BCUT2D eigenvalue weighted by molar-refractivity contribution is 5.78. The smallest absolute Gasteiger partial charge is 0.260 e. The molecule has 4 rings (SSSR count). The molecule has 0 fully saturated rings. The maximum Gasteiger partial charge on any atom is 0.260 e. The third-order valence-corrected chi connectivity index (χ3v) is 4.70. The largest absolute Gasteiger partial charge is 0.483 e. The molecular formula is C18H22N4O3. The van der Waals surface area contributed by atoms with E-state index in [9.17, 15) is 4.79 Å². The minimum absolute atomic E-state index is 0.00659. The number of carbonyl (C=O) groups is 1. The van der Waals surface area contributed by atoms with Gasteiger partial charge in [-0.15, -0.1) is 10.2 Å². The lowest BCUT2D eigenvalue weighted by molar-refractivity contribution is -0.134. The first-order valence-electron chi connectivity index (χ1n) is 8.53. The topological polar surface area (TPSA) is 69.5 Å². The summed E-state index contributed by atoms with van der Waals surface area (Å²) in [6.07, 6.45) is 0.842. The minimum atomic E-state index is -0.236. The molecule has 0 aliphatic carbocycles. The number of hydrogen-bond acceptors (Lipinski definition) is 5. The van der Waals surface area contributed by atoms with E-state index >= 15 is 0 Å². The Morgan fingerprint density at radius 3 is 3.00 bits per heavy atom. The molecule has 0 saturated heterocycles. The van der Waals surface area contributed by atoms with E-state index in [-0.39, 0.29) is 18.1 Å². The quantitative estimate of drug-likeness (QED) is 0.849. The number of fused-ring (bicyclic) bond motifs is 2. The Morgan fingerprint density at radius 1 is 1.32 bits per heavy atom. The number of aromatic nitrogens is 3. The van der Waals surface area contributed by atoms with Gasteiger partial charge in [-0.1, -0.05) is 12.1 Å². The van der Waals surface area contributed by atoms with Gasteiger partial charge in [-0.2, -0.15) is 0 Å². The number of ether oxygens (including phenoxy) is 2. The SMILES string of the molecule is Cc1nnc2n1CCN(C(=O)COc1cccc3c1OC(C)(C)C3)C2. The molecule has 0 saturated carbocycles. The van der Waals surface area contributed by atoms with Crippen LogP contribution in [0.2, 0.25) is 0 Å². The van der Waals surface area contributed by atoms with Gasteiger partial charge in [0.05, 0.1) is 6.54 Å². The van der Waals surface area contributed by atoms with Crippen LogP contribution in [0.5, 0.6) is 11.5 Å². The van der Waals surface area contributed by atoms with Crippen molar-refractivity contribution in [3.8, 4) is 11.5 Å². The first kappa shape index (κ1) is 15.9. The predicted octanol–water partition coefficient (Wildman–Crippen LogP) is 1.72. The first-order valence-corrected chi connectivity index (χ1v) is 8.53. The van der Waals surface area contributed by atoms with Gasteiger partial charge in [0.25, 0.3) is 5.91 Å². The number of para-hydroxylation sites is 1. The molecule has 1 aromatic heterocycles. The molecule has 0 N–H and O–H groups in total. The Bertz CT molecular complexity index is 828. The van der Waals surface area contributed by atoms with Gasteiger partial charge in [0, 0.05) is 25.1 Å². The number of nitrogens with zero attached hydrogens (tertiary/aromatic N) is 4. The molecule has 132 valence electrons. The Balaban J connectivity index is 1.42. The zero-order valence-corrected chi connectivity index (χ0v) is 14.8. The summed E-state index contributed by atoms with van der Waals surface area (Å²) in [6, 6.07) is 5.83.